The number of benzene rings is 1. The molecule has 1 aromatic rings. The van der Waals surface area contributed by atoms with E-state index in [1.165, 1.54) is 5.56 Å². The standard InChI is InChI=1S/C18H28N2O3/c1-18(2,3)23-17(21)12-20-9-7-13(8-10-20)14-5-6-15(19)16(11-14)22-4/h5-6,11,13H,7-10,12,19H2,1-4H3. The molecule has 0 saturated carbocycles. The van der Waals surface area contributed by atoms with Crippen LogP contribution in [0.15, 0.2) is 18.2 Å². The normalized spacial score (nSPS) is 17.0. The van der Waals surface area contributed by atoms with E-state index in [9.17, 15) is 4.79 Å². The molecule has 1 aliphatic rings. The van der Waals surface area contributed by atoms with E-state index in [1.54, 1.807) is 7.11 Å². The molecule has 1 fully saturated rings. The lowest BCUT2D eigenvalue weighted by atomic mass is 9.89. The van der Waals surface area contributed by atoms with Gasteiger partial charge >= 0.3 is 5.97 Å². The van der Waals surface area contributed by atoms with Gasteiger partial charge in [-0.25, -0.2) is 0 Å². The van der Waals surface area contributed by atoms with E-state index < -0.39 is 5.60 Å². The van der Waals surface area contributed by atoms with E-state index in [0.29, 0.717) is 18.2 Å². The van der Waals surface area contributed by atoms with E-state index in [1.807, 2.05) is 32.9 Å². The summed E-state index contributed by atoms with van der Waals surface area (Å²) in [6.45, 7) is 7.85. The maximum absolute atomic E-state index is 11.9. The Morgan fingerprint density at radius 2 is 1.96 bits per heavy atom. The molecule has 0 radical (unpaired) electrons. The van der Waals surface area contributed by atoms with Crippen LogP contribution in [0.25, 0.3) is 0 Å². The van der Waals surface area contributed by atoms with E-state index in [2.05, 4.69) is 11.0 Å². The van der Waals surface area contributed by atoms with Gasteiger partial charge in [-0.15, -0.1) is 0 Å². The van der Waals surface area contributed by atoms with Crippen molar-refractivity contribution in [3.05, 3.63) is 23.8 Å². The number of rotatable bonds is 4. The molecule has 0 amide bonds. The first-order chi connectivity index (χ1) is 10.8. The topological polar surface area (TPSA) is 64.8 Å². The van der Waals surface area contributed by atoms with Crippen molar-refractivity contribution in [1.29, 1.82) is 0 Å². The Balaban J connectivity index is 1.87. The van der Waals surface area contributed by atoms with Crippen molar-refractivity contribution >= 4 is 11.7 Å². The van der Waals surface area contributed by atoms with Crippen molar-refractivity contribution in [3.63, 3.8) is 0 Å². The molecule has 2 N–H and O–H groups in total. The van der Waals surface area contributed by atoms with Gasteiger partial charge in [0.2, 0.25) is 0 Å². The van der Waals surface area contributed by atoms with E-state index >= 15 is 0 Å². The number of hydrogen-bond acceptors (Lipinski definition) is 5. The predicted octanol–water partition coefficient (Wildman–Crippen LogP) is 2.80. The molecule has 0 unspecified atom stereocenters. The smallest absolute Gasteiger partial charge is 0.320 e. The lowest BCUT2D eigenvalue weighted by Gasteiger charge is -2.32. The number of ether oxygens (including phenoxy) is 2. The van der Waals surface area contributed by atoms with Gasteiger partial charge in [-0.1, -0.05) is 6.07 Å². The second-order valence-electron chi connectivity index (χ2n) is 7.14. The Labute approximate surface area is 138 Å². The zero-order valence-electron chi connectivity index (χ0n) is 14.6. The molecule has 0 bridgehead atoms. The van der Waals surface area contributed by atoms with Crippen molar-refractivity contribution < 1.29 is 14.3 Å². The third-order valence-electron chi connectivity index (χ3n) is 4.09. The third kappa shape index (κ3) is 5.13. The molecule has 0 spiro atoms. The van der Waals surface area contributed by atoms with Crippen LogP contribution in [0, 0.1) is 0 Å². The summed E-state index contributed by atoms with van der Waals surface area (Å²) in [4.78, 5) is 14.1. The lowest BCUT2D eigenvalue weighted by Crippen LogP contribution is -2.39. The maximum atomic E-state index is 11.9. The molecule has 23 heavy (non-hydrogen) atoms. The van der Waals surface area contributed by atoms with E-state index in [-0.39, 0.29) is 5.97 Å². The van der Waals surface area contributed by atoms with Gasteiger partial charge < -0.3 is 15.2 Å². The van der Waals surface area contributed by atoms with Crippen LogP contribution in [0.3, 0.4) is 0 Å². The number of nitrogens with two attached hydrogens (primary N) is 1. The minimum Gasteiger partial charge on any atom is -0.495 e. The van der Waals surface area contributed by atoms with Crippen LogP contribution in [0.4, 0.5) is 5.69 Å². The molecule has 0 atom stereocenters. The van der Waals surface area contributed by atoms with Gasteiger partial charge in [-0.2, -0.15) is 0 Å². The molecular formula is C18H28N2O3. The van der Waals surface area contributed by atoms with Gasteiger partial charge in [0.25, 0.3) is 0 Å². The first kappa shape index (κ1) is 17.6. The Kier molecular flexibility index (Phi) is 5.52. The molecule has 128 valence electrons. The summed E-state index contributed by atoms with van der Waals surface area (Å²) < 4.78 is 10.7. The lowest BCUT2D eigenvalue weighted by molar-refractivity contribution is -0.156. The van der Waals surface area contributed by atoms with Crippen LogP contribution in [0.2, 0.25) is 0 Å². The van der Waals surface area contributed by atoms with Crippen molar-refractivity contribution in [2.75, 3.05) is 32.5 Å². The Morgan fingerprint density at radius 3 is 2.52 bits per heavy atom. The summed E-state index contributed by atoms with van der Waals surface area (Å²) in [6, 6.07) is 6.01. The summed E-state index contributed by atoms with van der Waals surface area (Å²) in [5, 5.41) is 0. The molecule has 1 saturated heterocycles. The van der Waals surface area contributed by atoms with Crippen LogP contribution >= 0.6 is 0 Å². The molecule has 0 aliphatic carbocycles. The summed E-state index contributed by atoms with van der Waals surface area (Å²) in [7, 11) is 1.64. The van der Waals surface area contributed by atoms with Gasteiger partial charge in [-0.3, -0.25) is 9.69 Å². The maximum Gasteiger partial charge on any atom is 0.320 e. The average molecular weight is 320 g/mol. The third-order valence-corrected chi connectivity index (χ3v) is 4.09. The molecular weight excluding hydrogens is 292 g/mol. The minimum absolute atomic E-state index is 0.148. The molecule has 1 aliphatic heterocycles. The van der Waals surface area contributed by atoms with Crippen LogP contribution < -0.4 is 10.5 Å². The number of carbonyl (C=O) groups is 1. The number of carbonyl (C=O) groups excluding carboxylic acids is 1. The average Bonchev–Trinajstić information content (AvgIpc) is 2.46. The number of esters is 1. The highest BCUT2D eigenvalue weighted by molar-refractivity contribution is 5.72. The van der Waals surface area contributed by atoms with Gasteiger partial charge in [0.1, 0.15) is 11.4 Å². The molecule has 1 aromatic carbocycles. The molecule has 5 nitrogen and oxygen atoms in total. The Bertz CT molecular complexity index is 544. The largest absolute Gasteiger partial charge is 0.495 e. The molecule has 0 aromatic heterocycles. The van der Waals surface area contributed by atoms with E-state index in [4.69, 9.17) is 15.2 Å². The summed E-state index contributed by atoms with van der Waals surface area (Å²) in [5.74, 6) is 1.07. The minimum atomic E-state index is -0.421. The highest BCUT2D eigenvalue weighted by Gasteiger charge is 2.24. The van der Waals surface area contributed by atoms with Crippen LogP contribution in [-0.4, -0.2) is 43.2 Å². The fraction of sp³-hybridized carbons (Fsp3) is 0.611. The number of nitrogen functional groups attached to an aromatic ring is 1. The van der Waals surface area contributed by atoms with Crippen molar-refractivity contribution in [1.82, 2.24) is 4.90 Å². The van der Waals surface area contributed by atoms with E-state index in [0.717, 1.165) is 31.7 Å². The highest BCUT2D eigenvalue weighted by atomic mass is 16.6. The van der Waals surface area contributed by atoms with Crippen LogP contribution in [0.1, 0.15) is 45.1 Å². The van der Waals surface area contributed by atoms with Gasteiger partial charge in [0.15, 0.2) is 0 Å². The first-order valence-corrected chi connectivity index (χ1v) is 8.16. The number of nitrogens with zero attached hydrogens (tertiary/aromatic N) is 1. The fourth-order valence-electron chi connectivity index (χ4n) is 2.96. The number of piperidine rings is 1. The Morgan fingerprint density at radius 1 is 1.30 bits per heavy atom. The van der Waals surface area contributed by atoms with Gasteiger partial charge in [-0.05, 0) is 70.3 Å². The highest BCUT2D eigenvalue weighted by Crippen LogP contribution is 2.32. The van der Waals surface area contributed by atoms with Crippen molar-refractivity contribution in [2.45, 2.75) is 45.1 Å². The summed E-state index contributed by atoms with van der Waals surface area (Å²) in [5.41, 5.74) is 7.37. The predicted molar refractivity (Wildman–Crippen MR) is 91.7 cm³/mol. The zero-order chi connectivity index (χ0) is 17.0. The monoisotopic (exact) mass is 320 g/mol. The summed E-state index contributed by atoms with van der Waals surface area (Å²) in [6.07, 6.45) is 2.05. The summed E-state index contributed by atoms with van der Waals surface area (Å²) >= 11 is 0. The number of likely N-dealkylation sites (tertiary alicyclic amines) is 1. The fourth-order valence-corrected chi connectivity index (χ4v) is 2.96. The van der Waals surface area contributed by atoms with Crippen LogP contribution in [-0.2, 0) is 9.53 Å². The molecule has 5 heteroatoms. The van der Waals surface area contributed by atoms with Crippen molar-refractivity contribution in [3.8, 4) is 5.75 Å². The zero-order valence-corrected chi connectivity index (χ0v) is 14.6. The quantitative estimate of drug-likeness (QED) is 0.682. The van der Waals surface area contributed by atoms with Crippen molar-refractivity contribution in [2.24, 2.45) is 0 Å². The Hall–Kier alpha value is -1.75. The van der Waals surface area contributed by atoms with Gasteiger partial charge in [0, 0.05) is 0 Å². The van der Waals surface area contributed by atoms with Crippen LogP contribution in [0.5, 0.6) is 5.75 Å². The SMILES string of the molecule is COc1cc(C2CCN(CC(=O)OC(C)(C)C)CC2)ccc1N. The second-order valence-corrected chi connectivity index (χ2v) is 7.14. The second kappa shape index (κ2) is 7.21. The number of anilines is 1. The molecule has 2 rings (SSSR count). The van der Waals surface area contributed by atoms with Gasteiger partial charge in [0.05, 0.1) is 19.3 Å². The number of hydrogen-bond donors (Lipinski definition) is 1. The number of methoxy groups -OCH3 is 1. The first-order valence-electron chi connectivity index (χ1n) is 8.16. The molecule has 1 heterocycles.